The first-order valence-electron chi connectivity index (χ1n) is 9.04. The maximum Gasteiger partial charge on any atom is 0.251 e. The summed E-state index contributed by atoms with van der Waals surface area (Å²) in [6, 6.07) is 22.1. The number of pyridine rings is 1. The van der Waals surface area contributed by atoms with Gasteiger partial charge in [0.2, 0.25) is 5.91 Å². The van der Waals surface area contributed by atoms with Crippen molar-refractivity contribution in [3.63, 3.8) is 0 Å². The third-order valence-corrected chi connectivity index (χ3v) is 3.79. The highest BCUT2D eigenvalue weighted by molar-refractivity contribution is 5.93. The molecule has 1 heterocycles. The maximum absolute atomic E-state index is 11.9. The van der Waals surface area contributed by atoms with Gasteiger partial charge in [0.05, 0.1) is 0 Å². The van der Waals surface area contributed by atoms with Crippen LogP contribution in [0.15, 0.2) is 79.0 Å². The number of nitrogens with one attached hydrogen (secondary N) is 2. The number of carbonyl (C=O) groups is 2. The molecule has 2 amide bonds. The molecule has 1 aromatic heterocycles. The van der Waals surface area contributed by atoms with Gasteiger partial charge in [0.25, 0.3) is 5.91 Å². The first-order valence-corrected chi connectivity index (χ1v) is 9.04. The molecule has 0 aliphatic rings. The zero-order chi connectivity index (χ0) is 20.3. The van der Waals surface area contributed by atoms with E-state index >= 15 is 0 Å². The molecule has 3 aromatic rings. The van der Waals surface area contributed by atoms with Gasteiger partial charge in [-0.05, 0) is 42.0 Å². The van der Waals surface area contributed by atoms with Crippen molar-refractivity contribution in [3.8, 4) is 5.75 Å². The number of hydrogen-bond acceptors (Lipinski definition) is 5. The van der Waals surface area contributed by atoms with Crippen LogP contribution in [0.1, 0.15) is 5.56 Å². The minimum atomic E-state index is -0.378. The molecule has 0 aliphatic carbocycles. The summed E-state index contributed by atoms with van der Waals surface area (Å²) >= 11 is 0. The molecule has 0 spiro atoms. The van der Waals surface area contributed by atoms with Crippen LogP contribution in [-0.2, 0) is 20.9 Å². The number of benzene rings is 2. The normalized spacial score (nSPS) is 10.2. The summed E-state index contributed by atoms with van der Waals surface area (Å²) in [5.41, 5.74) is 1.69. The van der Waals surface area contributed by atoms with Crippen molar-refractivity contribution in [1.82, 2.24) is 4.98 Å². The lowest BCUT2D eigenvalue weighted by atomic mass is 10.2. The van der Waals surface area contributed by atoms with E-state index in [0.717, 1.165) is 5.56 Å². The number of aromatic nitrogens is 1. The van der Waals surface area contributed by atoms with E-state index in [1.165, 1.54) is 0 Å². The van der Waals surface area contributed by atoms with Crippen LogP contribution in [-0.4, -0.2) is 30.0 Å². The fraction of sp³-hybridized carbons (Fsp3) is 0.136. The monoisotopic (exact) mass is 391 g/mol. The van der Waals surface area contributed by atoms with Crippen LogP contribution in [0.4, 0.5) is 11.5 Å². The SMILES string of the molecule is O=C(COCC(=O)Nc1ccccn1)Nc1ccc(OCc2ccccc2)cc1. The van der Waals surface area contributed by atoms with E-state index in [4.69, 9.17) is 9.47 Å². The van der Waals surface area contributed by atoms with Gasteiger partial charge in [-0.1, -0.05) is 36.4 Å². The highest BCUT2D eigenvalue weighted by atomic mass is 16.5. The summed E-state index contributed by atoms with van der Waals surface area (Å²) < 4.78 is 10.8. The summed E-state index contributed by atoms with van der Waals surface area (Å²) in [5, 5.41) is 5.28. The van der Waals surface area contributed by atoms with E-state index < -0.39 is 0 Å². The average Bonchev–Trinajstić information content (AvgIpc) is 2.75. The van der Waals surface area contributed by atoms with E-state index in [-0.39, 0.29) is 25.0 Å². The molecule has 0 fully saturated rings. The van der Waals surface area contributed by atoms with Crippen molar-refractivity contribution < 1.29 is 19.1 Å². The standard InChI is InChI=1S/C22H21N3O4/c26-21(15-28-16-22(27)25-20-8-4-5-13-23-20)24-18-9-11-19(12-10-18)29-14-17-6-2-1-3-7-17/h1-13H,14-16H2,(H,24,26)(H,23,25,27). The van der Waals surface area contributed by atoms with Crippen LogP contribution in [0.2, 0.25) is 0 Å². The zero-order valence-electron chi connectivity index (χ0n) is 15.7. The highest BCUT2D eigenvalue weighted by Gasteiger charge is 2.07. The Bertz CT molecular complexity index is 916. The van der Waals surface area contributed by atoms with E-state index in [9.17, 15) is 9.59 Å². The molecule has 0 atom stereocenters. The van der Waals surface area contributed by atoms with E-state index in [1.54, 1.807) is 48.7 Å². The van der Waals surface area contributed by atoms with Gasteiger partial charge in [0.1, 0.15) is 31.4 Å². The summed E-state index contributed by atoms with van der Waals surface area (Å²) in [4.78, 5) is 27.6. The number of carbonyl (C=O) groups excluding carboxylic acids is 2. The highest BCUT2D eigenvalue weighted by Crippen LogP contribution is 2.17. The minimum Gasteiger partial charge on any atom is -0.489 e. The fourth-order valence-corrected chi connectivity index (χ4v) is 2.42. The van der Waals surface area contributed by atoms with Gasteiger partial charge in [-0.3, -0.25) is 9.59 Å². The van der Waals surface area contributed by atoms with E-state index in [0.29, 0.717) is 23.9 Å². The van der Waals surface area contributed by atoms with Gasteiger partial charge >= 0.3 is 0 Å². The Kier molecular flexibility index (Phi) is 7.31. The predicted octanol–water partition coefficient (Wildman–Crippen LogP) is 3.25. The third-order valence-electron chi connectivity index (χ3n) is 3.79. The lowest BCUT2D eigenvalue weighted by Crippen LogP contribution is -2.24. The molecule has 2 aromatic carbocycles. The van der Waals surface area contributed by atoms with Gasteiger partial charge in [-0.15, -0.1) is 0 Å². The van der Waals surface area contributed by atoms with Crippen molar-refractivity contribution in [2.75, 3.05) is 23.8 Å². The molecule has 7 nitrogen and oxygen atoms in total. The molecule has 0 saturated carbocycles. The minimum absolute atomic E-state index is 0.234. The Morgan fingerprint density at radius 2 is 1.48 bits per heavy atom. The van der Waals surface area contributed by atoms with E-state index in [2.05, 4.69) is 15.6 Å². The second-order valence-electron chi connectivity index (χ2n) is 6.10. The smallest absolute Gasteiger partial charge is 0.251 e. The van der Waals surface area contributed by atoms with Crippen molar-refractivity contribution in [3.05, 3.63) is 84.6 Å². The molecular weight excluding hydrogens is 370 g/mol. The average molecular weight is 391 g/mol. The first kappa shape index (κ1) is 20.0. The van der Waals surface area contributed by atoms with Gasteiger partial charge in [-0.2, -0.15) is 0 Å². The molecule has 0 bridgehead atoms. The predicted molar refractivity (Wildman–Crippen MR) is 110 cm³/mol. The molecular formula is C22H21N3O4. The first-order chi connectivity index (χ1) is 14.2. The second kappa shape index (κ2) is 10.6. The quantitative estimate of drug-likeness (QED) is 0.584. The molecule has 2 N–H and O–H groups in total. The van der Waals surface area contributed by atoms with Gasteiger partial charge < -0.3 is 20.1 Å². The van der Waals surface area contributed by atoms with Gasteiger partial charge in [0.15, 0.2) is 0 Å². The van der Waals surface area contributed by atoms with Crippen molar-refractivity contribution in [2.24, 2.45) is 0 Å². The molecule has 29 heavy (non-hydrogen) atoms. The number of nitrogens with zero attached hydrogens (tertiary/aromatic N) is 1. The number of rotatable bonds is 9. The summed E-state index contributed by atoms with van der Waals surface area (Å²) in [5.74, 6) is 0.402. The van der Waals surface area contributed by atoms with Crippen LogP contribution in [0.3, 0.4) is 0 Å². The van der Waals surface area contributed by atoms with Crippen LogP contribution in [0.5, 0.6) is 5.75 Å². The van der Waals surface area contributed by atoms with Crippen LogP contribution in [0.25, 0.3) is 0 Å². The van der Waals surface area contributed by atoms with E-state index in [1.807, 2.05) is 30.3 Å². The Labute approximate surface area is 168 Å². The van der Waals surface area contributed by atoms with Gasteiger partial charge in [0, 0.05) is 11.9 Å². The summed E-state index contributed by atoms with van der Waals surface area (Å²) in [6.45, 7) is -0.000887. The van der Waals surface area contributed by atoms with Crippen molar-refractivity contribution in [1.29, 1.82) is 0 Å². The lowest BCUT2D eigenvalue weighted by Gasteiger charge is -2.09. The van der Waals surface area contributed by atoms with Crippen molar-refractivity contribution in [2.45, 2.75) is 6.61 Å². The lowest BCUT2D eigenvalue weighted by molar-refractivity contribution is -0.125. The molecule has 0 radical (unpaired) electrons. The fourth-order valence-electron chi connectivity index (χ4n) is 2.42. The van der Waals surface area contributed by atoms with Gasteiger partial charge in [-0.25, -0.2) is 4.98 Å². The molecule has 0 unspecified atom stereocenters. The summed E-state index contributed by atoms with van der Waals surface area (Å²) in [6.07, 6.45) is 1.57. The molecule has 3 rings (SSSR count). The Hall–Kier alpha value is -3.71. The zero-order valence-corrected chi connectivity index (χ0v) is 15.7. The molecule has 0 aliphatic heterocycles. The van der Waals surface area contributed by atoms with Crippen LogP contribution >= 0.6 is 0 Å². The topological polar surface area (TPSA) is 89.6 Å². The summed E-state index contributed by atoms with van der Waals surface area (Å²) in [7, 11) is 0. The third kappa shape index (κ3) is 7.08. The van der Waals surface area contributed by atoms with Crippen LogP contribution in [0, 0.1) is 0 Å². The second-order valence-corrected chi connectivity index (χ2v) is 6.10. The Morgan fingerprint density at radius 1 is 0.793 bits per heavy atom. The number of hydrogen-bond donors (Lipinski definition) is 2. The number of ether oxygens (including phenoxy) is 2. The van der Waals surface area contributed by atoms with Crippen LogP contribution < -0.4 is 15.4 Å². The molecule has 148 valence electrons. The number of amides is 2. The Morgan fingerprint density at radius 3 is 2.17 bits per heavy atom. The largest absolute Gasteiger partial charge is 0.489 e. The van der Waals surface area contributed by atoms with Crippen molar-refractivity contribution >= 4 is 23.3 Å². The molecule has 0 saturated heterocycles. The number of anilines is 2. The Balaban J connectivity index is 1.36. The molecule has 7 heteroatoms. The maximum atomic E-state index is 11.9.